The highest BCUT2D eigenvalue weighted by Crippen LogP contribution is 2.18. The Bertz CT molecular complexity index is 1140. The molecule has 3 aromatic rings. The molecule has 0 fully saturated rings. The first kappa shape index (κ1) is 21.9. The smallest absolute Gasteiger partial charge is 0.322 e. The molecule has 0 saturated carbocycles. The number of hydrazone groups is 1. The number of rotatable bonds is 5. The van der Waals surface area contributed by atoms with E-state index in [9.17, 15) is 14.4 Å². The molecule has 0 spiro atoms. The van der Waals surface area contributed by atoms with Gasteiger partial charge in [-0.1, -0.05) is 64.0 Å². The summed E-state index contributed by atoms with van der Waals surface area (Å²) in [5, 5.41) is 9.01. The zero-order valence-corrected chi connectivity index (χ0v) is 18.1. The molecule has 0 saturated heterocycles. The quantitative estimate of drug-likeness (QED) is 0.292. The van der Waals surface area contributed by atoms with E-state index in [-0.39, 0.29) is 11.3 Å². The number of halogens is 1. The van der Waals surface area contributed by atoms with Crippen molar-refractivity contribution < 1.29 is 14.4 Å². The van der Waals surface area contributed by atoms with Gasteiger partial charge in [-0.3, -0.25) is 14.4 Å². The first-order valence-corrected chi connectivity index (χ1v) is 10.1. The summed E-state index contributed by atoms with van der Waals surface area (Å²) in [5.41, 5.74) is 5.03. The Morgan fingerprint density at radius 1 is 0.839 bits per heavy atom. The zero-order chi connectivity index (χ0) is 22.2. The Balaban J connectivity index is 1.64. The van der Waals surface area contributed by atoms with Crippen molar-refractivity contribution in [3.8, 4) is 0 Å². The monoisotopic (exact) mass is 478 g/mol. The molecule has 3 rings (SSSR count). The molecule has 3 amide bonds. The molecule has 0 aliphatic heterocycles. The van der Waals surface area contributed by atoms with Crippen LogP contribution in [0.3, 0.4) is 0 Å². The van der Waals surface area contributed by atoms with Gasteiger partial charge in [0, 0.05) is 15.7 Å². The zero-order valence-electron chi connectivity index (χ0n) is 16.6. The number of hydrogen-bond donors (Lipinski definition) is 3. The van der Waals surface area contributed by atoms with Gasteiger partial charge >= 0.3 is 11.8 Å². The van der Waals surface area contributed by atoms with Crippen LogP contribution in [-0.2, 0) is 9.59 Å². The number of carbonyl (C=O) groups is 3. The van der Waals surface area contributed by atoms with Crippen LogP contribution in [0.4, 0.5) is 11.4 Å². The third-order valence-electron chi connectivity index (χ3n) is 4.21. The van der Waals surface area contributed by atoms with E-state index < -0.39 is 17.7 Å². The molecule has 7 nitrogen and oxygen atoms in total. The molecule has 0 unspecified atom stereocenters. The van der Waals surface area contributed by atoms with Crippen LogP contribution in [0.25, 0.3) is 0 Å². The number of carbonyl (C=O) groups excluding carboxylic acids is 3. The fourth-order valence-corrected chi connectivity index (χ4v) is 2.98. The number of hydrogen-bond acceptors (Lipinski definition) is 4. The van der Waals surface area contributed by atoms with Gasteiger partial charge in [-0.15, -0.1) is 0 Å². The van der Waals surface area contributed by atoms with E-state index in [1.807, 2.05) is 37.3 Å². The molecule has 0 atom stereocenters. The molecule has 3 aromatic carbocycles. The highest BCUT2D eigenvalue weighted by molar-refractivity contribution is 9.10. The second-order valence-electron chi connectivity index (χ2n) is 6.54. The number of nitrogens with one attached hydrogen (secondary N) is 3. The van der Waals surface area contributed by atoms with Gasteiger partial charge in [0.15, 0.2) is 0 Å². The van der Waals surface area contributed by atoms with Gasteiger partial charge in [0.05, 0.1) is 17.5 Å². The molecule has 156 valence electrons. The van der Waals surface area contributed by atoms with E-state index in [0.29, 0.717) is 5.69 Å². The number of anilines is 2. The lowest BCUT2D eigenvalue weighted by molar-refractivity contribution is -0.136. The Kier molecular flexibility index (Phi) is 7.29. The van der Waals surface area contributed by atoms with Crippen LogP contribution in [0.1, 0.15) is 21.5 Å². The highest BCUT2D eigenvalue weighted by atomic mass is 79.9. The lowest BCUT2D eigenvalue weighted by Crippen LogP contribution is -2.33. The fourth-order valence-electron chi connectivity index (χ4n) is 2.60. The minimum absolute atomic E-state index is 0.210. The average molecular weight is 479 g/mol. The van der Waals surface area contributed by atoms with Crippen molar-refractivity contribution in [1.29, 1.82) is 0 Å². The average Bonchev–Trinajstić information content (AvgIpc) is 2.77. The van der Waals surface area contributed by atoms with Gasteiger partial charge in [0.1, 0.15) is 0 Å². The largest absolute Gasteiger partial charge is 0.329 e. The molecular formula is C23H19BrN4O3. The first-order chi connectivity index (χ1) is 14.9. The van der Waals surface area contributed by atoms with Gasteiger partial charge in [-0.05, 0) is 37.3 Å². The molecule has 0 bridgehead atoms. The van der Waals surface area contributed by atoms with Crippen LogP contribution in [0.5, 0.6) is 0 Å². The summed E-state index contributed by atoms with van der Waals surface area (Å²) in [4.78, 5) is 37.0. The maximum Gasteiger partial charge on any atom is 0.329 e. The van der Waals surface area contributed by atoms with Gasteiger partial charge in [-0.2, -0.15) is 5.10 Å². The molecule has 0 heterocycles. The van der Waals surface area contributed by atoms with Crippen LogP contribution in [-0.4, -0.2) is 23.9 Å². The Morgan fingerprint density at radius 3 is 2.26 bits per heavy atom. The minimum atomic E-state index is -0.961. The van der Waals surface area contributed by atoms with E-state index >= 15 is 0 Å². The number of para-hydroxylation sites is 1. The number of aryl methyl sites for hydroxylation is 1. The number of nitrogens with zero attached hydrogens (tertiary/aromatic N) is 1. The SMILES string of the molecule is Cc1ccc(NC(=O)c2ccccc2NC(=O)C(=O)NN=Cc2ccccc2Br)cc1. The van der Waals surface area contributed by atoms with E-state index in [0.717, 1.165) is 15.6 Å². The Hall–Kier alpha value is -3.78. The predicted octanol–water partition coefficient (Wildman–Crippen LogP) is 4.10. The third-order valence-corrected chi connectivity index (χ3v) is 4.93. The van der Waals surface area contributed by atoms with Crippen LogP contribution in [0.2, 0.25) is 0 Å². The molecule has 0 aliphatic rings. The van der Waals surface area contributed by atoms with Gasteiger partial charge in [0.2, 0.25) is 0 Å². The summed E-state index contributed by atoms with van der Waals surface area (Å²) < 4.78 is 0.797. The molecule has 0 radical (unpaired) electrons. The van der Waals surface area contributed by atoms with Crippen molar-refractivity contribution in [3.63, 3.8) is 0 Å². The lowest BCUT2D eigenvalue weighted by atomic mass is 10.1. The van der Waals surface area contributed by atoms with Crippen LogP contribution >= 0.6 is 15.9 Å². The van der Waals surface area contributed by atoms with E-state index in [1.165, 1.54) is 6.21 Å². The molecule has 0 aromatic heterocycles. The maximum absolute atomic E-state index is 12.6. The van der Waals surface area contributed by atoms with E-state index in [1.54, 1.807) is 42.5 Å². The molecule has 3 N–H and O–H groups in total. The van der Waals surface area contributed by atoms with Gasteiger partial charge in [-0.25, -0.2) is 5.43 Å². The Labute approximate surface area is 187 Å². The highest BCUT2D eigenvalue weighted by Gasteiger charge is 2.17. The van der Waals surface area contributed by atoms with Crippen molar-refractivity contribution in [2.45, 2.75) is 6.92 Å². The van der Waals surface area contributed by atoms with Crippen LogP contribution in [0.15, 0.2) is 82.4 Å². The van der Waals surface area contributed by atoms with Gasteiger partial charge < -0.3 is 10.6 Å². The fraction of sp³-hybridized carbons (Fsp3) is 0.0435. The molecule has 31 heavy (non-hydrogen) atoms. The van der Waals surface area contributed by atoms with Gasteiger partial charge in [0.25, 0.3) is 5.91 Å². The topological polar surface area (TPSA) is 99.7 Å². The second-order valence-corrected chi connectivity index (χ2v) is 7.39. The maximum atomic E-state index is 12.6. The summed E-state index contributed by atoms with van der Waals surface area (Å²) >= 11 is 3.36. The minimum Gasteiger partial charge on any atom is -0.322 e. The molecular weight excluding hydrogens is 460 g/mol. The van der Waals surface area contributed by atoms with Crippen LogP contribution < -0.4 is 16.1 Å². The lowest BCUT2D eigenvalue weighted by Gasteiger charge is -2.11. The summed E-state index contributed by atoms with van der Waals surface area (Å²) in [6, 6.07) is 21.0. The van der Waals surface area contributed by atoms with Crippen LogP contribution in [0, 0.1) is 6.92 Å². The summed E-state index contributed by atoms with van der Waals surface area (Å²) in [6.45, 7) is 1.95. The second kappa shape index (κ2) is 10.3. The first-order valence-electron chi connectivity index (χ1n) is 9.30. The van der Waals surface area contributed by atoms with E-state index in [2.05, 4.69) is 37.1 Å². The normalized spacial score (nSPS) is 10.5. The van der Waals surface area contributed by atoms with Crippen molar-refractivity contribution >= 4 is 51.2 Å². The molecule has 8 heteroatoms. The predicted molar refractivity (Wildman–Crippen MR) is 124 cm³/mol. The molecule has 0 aliphatic carbocycles. The standard InChI is InChI=1S/C23H19BrN4O3/c1-15-10-12-17(13-11-15)26-21(29)18-7-3-5-9-20(18)27-22(30)23(31)28-25-14-16-6-2-4-8-19(16)24/h2-14H,1H3,(H,26,29)(H,27,30)(H,28,31). The van der Waals surface area contributed by atoms with Crippen molar-refractivity contribution in [3.05, 3.63) is 94.0 Å². The van der Waals surface area contributed by atoms with Crippen molar-refractivity contribution in [1.82, 2.24) is 5.43 Å². The van der Waals surface area contributed by atoms with Crippen molar-refractivity contribution in [2.24, 2.45) is 5.10 Å². The van der Waals surface area contributed by atoms with E-state index in [4.69, 9.17) is 0 Å². The summed E-state index contributed by atoms with van der Waals surface area (Å²) in [7, 11) is 0. The number of benzene rings is 3. The summed E-state index contributed by atoms with van der Waals surface area (Å²) in [6.07, 6.45) is 1.41. The number of amides is 3. The summed E-state index contributed by atoms with van der Waals surface area (Å²) in [5.74, 6) is -2.32. The van der Waals surface area contributed by atoms with Crippen molar-refractivity contribution in [2.75, 3.05) is 10.6 Å². The Morgan fingerprint density at radius 2 is 1.52 bits per heavy atom. The third kappa shape index (κ3) is 6.10.